The first-order chi connectivity index (χ1) is 42.7. The second kappa shape index (κ2) is 64.9. The second-order valence-electron chi connectivity index (χ2n) is 25.6. The molecule has 0 aromatic carbocycles. The molecule has 1 amide bonds. The minimum Gasteiger partial charge on any atom is -0.466 e. The van der Waals surface area contributed by atoms with Crippen molar-refractivity contribution in [3.8, 4) is 0 Å². The van der Waals surface area contributed by atoms with Gasteiger partial charge in [-0.25, -0.2) is 0 Å². The van der Waals surface area contributed by atoms with E-state index in [1.54, 1.807) is 6.08 Å². The lowest BCUT2D eigenvalue weighted by atomic mass is 9.99. The van der Waals surface area contributed by atoms with Gasteiger partial charge in [-0.2, -0.15) is 0 Å². The van der Waals surface area contributed by atoms with Crippen LogP contribution in [-0.4, -0.2) is 100 Å². The van der Waals surface area contributed by atoms with Crippen molar-refractivity contribution in [1.29, 1.82) is 0 Å². The van der Waals surface area contributed by atoms with Gasteiger partial charge < -0.3 is 45.1 Å². The molecular weight excluding hydrogens is 1090 g/mol. The van der Waals surface area contributed by atoms with E-state index in [1.165, 1.54) is 250 Å². The van der Waals surface area contributed by atoms with Crippen molar-refractivity contribution in [3.05, 3.63) is 60.8 Å². The van der Waals surface area contributed by atoms with Gasteiger partial charge in [0.05, 0.1) is 32.0 Å². The predicted octanol–water partition coefficient (Wildman–Crippen LogP) is 19.3. The summed E-state index contributed by atoms with van der Waals surface area (Å²) in [5, 5.41) is 54.3. The maximum absolute atomic E-state index is 13.0. The Morgan fingerprint density at radius 3 is 1.18 bits per heavy atom. The summed E-state index contributed by atoms with van der Waals surface area (Å²) in [5.41, 5.74) is 0. The van der Waals surface area contributed by atoms with Crippen LogP contribution in [0.5, 0.6) is 0 Å². The van der Waals surface area contributed by atoms with Gasteiger partial charge in [0.1, 0.15) is 24.4 Å². The minimum atomic E-state index is -1.57. The zero-order valence-corrected chi connectivity index (χ0v) is 56.5. The first-order valence-corrected chi connectivity index (χ1v) is 37.1. The average Bonchev–Trinajstić information content (AvgIpc) is 3.66. The van der Waals surface area contributed by atoms with Gasteiger partial charge in [-0.15, -0.1) is 0 Å². The largest absolute Gasteiger partial charge is 0.466 e. The van der Waals surface area contributed by atoms with Gasteiger partial charge in [-0.1, -0.05) is 299 Å². The molecule has 1 rings (SSSR count). The quantitative estimate of drug-likeness (QED) is 0.0195. The van der Waals surface area contributed by atoms with E-state index in [9.17, 15) is 35.1 Å². The molecule has 11 nitrogen and oxygen atoms in total. The van der Waals surface area contributed by atoms with Crippen LogP contribution in [0.25, 0.3) is 0 Å². The molecule has 0 saturated carbocycles. The number of unbranched alkanes of at least 4 members (excludes halogenated alkanes) is 43. The third kappa shape index (κ3) is 53.7. The molecule has 6 N–H and O–H groups in total. The van der Waals surface area contributed by atoms with Crippen LogP contribution < -0.4 is 5.32 Å². The lowest BCUT2D eigenvalue weighted by Crippen LogP contribution is -2.60. The molecule has 11 heteroatoms. The van der Waals surface area contributed by atoms with Crippen molar-refractivity contribution in [1.82, 2.24) is 5.32 Å². The number of hydrogen-bond acceptors (Lipinski definition) is 10. The fraction of sp³-hybridized carbons (Fsp3) is 0.842. The fourth-order valence-corrected chi connectivity index (χ4v) is 11.5. The summed E-state index contributed by atoms with van der Waals surface area (Å²) in [5.74, 6) is -0.185. The fourth-order valence-electron chi connectivity index (χ4n) is 11.5. The highest BCUT2D eigenvalue weighted by atomic mass is 16.7. The van der Waals surface area contributed by atoms with Gasteiger partial charge in [0, 0.05) is 12.8 Å². The zero-order chi connectivity index (χ0) is 63.0. The number of esters is 1. The van der Waals surface area contributed by atoms with Crippen molar-refractivity contribution in [2.75, 3.05) is 19.8 Å². The van der Waals surface area contributed by atoms with E-state index in [-0.39, 0.29) is 18.5 Å². The van der Waals surface area contributed by atoms with Crippen LogP contribution in [0.2, 0.25) is 0 Å². The maximum atomic E-state index is 13.0. The van der Waals surface area contributed by atoms with Crippen molar-refractivity contribution >= 4 is 11.9 Å². The number of rotatable bonds is 65. The summed E-state index contributed by atoms with van der Waals surface area (Å²) in [4.78, 5) is 25.1. The van der Waals surface area contributed by atoms with Gasteiger partial charge in [0.25, 0.3) is 0 Å². The lowest BCUT2D eigenvalue weighted by Gasteiger charge is -2.40. The van der Waals surface area contributed by atoms with Crippen molar-refractivity contribution in [2.45, 2.75) is 391 Å². The summed E-state index contributed by atoms with van der Waals surface area (Å²) >= 11 is 0. The summed E-state index contributed by atoms with van der Waals surface area (Å²) in [7, 11) is 0. The molecule has 1 aliphatic rings. The van der Waals surface area contributed by atoms with Crippen molar-refractivity contribution in [3.63, 3.8) is 0 Å². The zero-order valence-electron chi connectivity index (χ0n) is 56.5. The number of allylic oxidation sites excluding steroid dienone is 9. The van der Waals surface area contributed by atoms with E-state index >= 15 is 0 Å². The highest BCUT2D eigenvalue weighted by Crippen LogP contribution is 2.23. The number of aliphatic hydroxyl groups is 5. The van der Waals surface area contributed by atoms with E-state index in [4.69, 9.17) is 14.2 Å². The van der Waals surface area contributed by atoms with E-state index in [0.717, 1.165) is 70.6 Å². The van der Waals surface area contributed by atoms with Crippen molar-refractivity contribution < 1.29 is 49.3 Å². The Balaban J connectivity index is 1.90. The van der Waals surface area contributed by atoms with Gasteiger partial charge in [-0.3, -0.25) is 9.59 Å². The van der Waals surface area contributed by atoms with Crippen LogP contribution in [-0.2, 0) is 23.8 Å². The average molecular weight is 1230 g/mol. The SMILES string of the molecule is CCCCC/C=C\C/C=C\CCCCCCCC(=O)OCCCCCCCCCCCCC/C=C\C/C=C\CCCCCCCCCCCCCCCCCCCC(=O)NC(COC1OC(CO)C(O)C(O)C1O)C(O)/C=C/CCCCCCCCC. The molecule has 7 unspecified atom stereocenters. The molecule has 0 aliphatic carbocycles. The van der Waals surface area contributed by atoms with Gasteiger partial charge in [-0.05, 0) is 96.3 Å². The Bertz CT molecular complexity index is 1630. The van der Waals surface area contributed by atoms with E-state index in [1.807, 2.05) is 6.08 Å². The summed E-state index contributed by atoms with van der Waals surface area (Å²) < 4.78 is 16.7. The van der Waals surface area contributed by atoms with Crippen molar-refractivity contribution in [2.24, 2.45) is 0 Å². The molecule has 508 valence electrons. The van der Waals surface area contributed by atoms with E-state index in [2.05, 4.69) is 67.8 Å². The number of nitrogens with one attached hydrogen (secondary N) is 1. The topological polar surface area (TPSA) is 175 Å². The molecule has 1 fully saturated rings. The predicted molar refractivity (Wildman–Crippen MR) is 366 cm³/mol. The molecule has 0 radical (unpaired) electrons. The molecule has 7 atom stereocenters. The number of ether oxygens (including phenoxy) is 3. The van der Waals surface area contributed by atoms with Gasteiger partial charge in [0.15, 0.2) is 6.29 Å². The Morgan fingerprint density at radius 1 is 0.425 bits per heavy atom. The molecule has 1 saturated heterocycles. The Morgan fingerprint density at radius 2 is 0.770 bits per heavy atom. The van der Waals surface area contributed by atoms with Gasteiger partial charge >= 0.3 is 5.97 Å². The number of amides is 1. The standard InChI is InChI=1S/C76H139NO10/c1-3-5-7-9-11-13-14-15-37-41-44-48-52-56-60-64-72(81)85-65-61-57-53-49-45-42-39-36-34-32-30-28-26-24-22-20-18-16-17-19-21-23-25-27-29-31-33-35-38-40-43-47-51-55-59-63-71(80)77-68(69(79)62-58-54-50-46-12-10-8-6-4-2)67-86-76-75(84)74(83)73(82)70(66-78)87-76/h11,13,15,18,20,24,26,37,58,62,68-70,73-76,78-79,82-84H,3-10,12,14,16-17,19,21-23,25,27-36,38-57,59-61,63-67H2,1-2H3,(H,77,80)/b13-11-,20-18-,26-24-,37-15-,62-58+. The number of carbonyl (C=O) groups excluding carboxylic acids is 2. The Kier molecular flexibility index (Phi) is 61.4. The van der Waals surface area contributed by atoms with E-state index in [0.29, 0.717) is 19.4 Å². The Hall–Kier alpha value is -2.64. The summed E-state index contributed by atoms with van der Waals surface area (Å²) in [6, 6.07) is -0.807. The van der Waals surface area contributed by atoms with Crippen LogP contribution in [0, 0.1) is 0 Å². The van der Waals surface area contributed by atoms with Crippen LogP contribution in [0.15, 0.2) is 60.8 Å². The number of hydrogen-bond donors (Lipinski definition) is 6. The summed E-state index contributed by atoms with van der Waals surface area (Å²) in [6.45, 7) is 4.31. The maximum Gasteiger partial charge on any atom is 0.305 e. The third-order valence-electron chi connectivity index (χ3n) is 17.3. The monoisotopic (exact) mass is 1230 g/mol. The van der Waals surface area contributed by atoms with E-state index < -0.39 is 49.5 Å². The highest BCUT2D eigenvalue weighted by molar-refractivity contribution is 5.76. The number of carbonyl (C=O) groups is 2. The summed E-state index contributed by atoms with van der Waals surface area (Å²) in [6.07, 6.45) is 76.7. The molecule has 1 heterocycles. The Labute approximate surface area is 535 Å². The minimum absolute atomic E-state index is 0.00416. The molecular formula is C76H139NO10. The highest BCUT2D eigenvalue weighted by Gasteiger charge is 2.44. The first kappa shape index (κ1) is 82.4. The van der Waals surface area contributed by atoms with Crippen LogP contribution >= 0.6 is 0 Å². The van der Waals surface area contributed by atoms with Crippen LogP contribution in [0.4, 0.5) is 0 Å². The van der Waals surface area contributed by atoms with Crippen LogP contribution in [0.1, 0.15) is 348 Å². The lowest BCUT2D eigenvalue weighted by molar-refractivity contribution is -0.302. The molecule has 0 aromatic rings. The molecule has 87 heavy (non-hydrogen) atoms. The van der Waals surface area contributed by atoms with Gasteiger partial charge in [0.2, 0.25) is 5.91 Å². The second-order valence-corrected chi connectivity index (χ2v) is 25.6. The third-order valence-corrected chi connectivity index (χ3v) is 17.3. The number of aliphatic hydroxyl groups excluding tert-OH is 5. The normalized spacial score (nSPS) is 18.2. The molecule has 0 bridgehead atoms. The smallest absolute Gasteiger partial charge is 0.305 e. The van der Waals surface area contributed by atoms with Crippen LogP contribution in [0.3, 0.4) is 0 Å². The molecule has 0 aromatic heterocycles. The molecule has 1 aliphatic heterocycles. The first-order valence-electron chi connectivity index (χ1n) is 37.1. The molecule has 0 spiro atoms.